The zero-order valence-electron chi connectivity index (χ0n) is 14.2. The molecule has 1 aliphatic rings. The predicted molar refractivity (Wildman–Crippen MR) is 101 cm³/mol. The molecule has 1 fully saturated rings. The molecule has 0 bridgehead atoms. The van der Waals surface area contributed by atoms with E-state index in [1.54, 1.807) is 0 Å². The zero-order chi connectivity index (χ0) is 15.7. The standard InChI is InChI=1S/C15H30N4O2.HI/c1-5-16-15(17-9-6-14(20)21-4)18-13-7-10-19(11-8-13)12(2)3;/h12-13H,5-11H2,1-4H3,(H2,16,17,18);1H. The first-order valence-corrected chi connectivity index (χ1v) is 7.92. The highest BCUT2D eigenvalue weighted by Crippen LogP contribution is 2.12. The van der Waals surface area contributed by atoms with E-state index in [1.807, 2.05) is 6.92 Å². The van der Waals surface area contributed by atoms with Crippen LogP contribution in [0.5, 0.6) is 0 Å². The Bertz CT molecular complexity index is 342. The van der Waals surface area contributed by atoms with E-state index in [9.17, 15) is 4.79 Å². The van der Waals surface area contributed by atoms with Crippen molar-refractivity contribution >= 4 is 35.9 Å². The smallest absolute Gasteiger partial charge is 0.307 e. The number of rotatable bonds is 6. The second-order valence-corrected chi connectivity index (χ2v) is 5.64. The Labute approximate surface area is 151 Å². The van der Waals surface area contributed by atoms with E-state index in [2.05, 4.69) is 39.1 Å². The largest absolute Gasteiger partial charge is 0.469 e. The Kier molecular flexibility index (Phi) is 11.6. The second-order valence-electron chi connectivity index (χ2n) is 5.64. The fourth-order valence-corrected chi connectivity index (χ4v) is 2.43. The molecule has 0 atom stereocenters. The van der Waals surface area contributed by atoms with Gasteiger partial charge in [0.25, 0.3) is 0 Å². The molecule has 0 amide bonds. The van der Waals surface area contributed by atoms with Crippen LogP contribution in [-0.4, -0.2) is 62.2 Å². The number of nitrogens with zero attached hydrogens (tertiary/aromatic N) is 2. The SMILES string of the molecule is CCNC(=NCCC(=O)OC)NC1CCN(C(C)C)CC1.I. The quantitative estimate of drug-likeness (QED) is 0.292. The van der Waals surface area contributed by atoms with Gasteiger partial charge in [0.05, 0.1) is 20.1 Å². The third kappa shape index (κ3) is 8.17. The Morgan fingerprint density at radius 1 is 1.36 bits per heavy atom. The van der Waals surface area contributed by atoms with Crippen LogP contribution < -0.4 is 10.6 Å². The summed E-state index contributed by atoms with van der Waals surface area (Å²) in [5, 5.41) is 6.70. The molecule has 0 radical (unpaired) electrons. The van der Waals surface area contributed by atoms with E-state index in [0.29, 0.717) is 25.0 Å². The van der Waals surface area contributed by atoms with Crippen molar-refractivity contribution in [3.8, 4) is 0 Å². The summed E-state index contributed by atoms with van der Waals surface area (Å²) in [4.78, 5) is 18.0. The van der Waals surface area contributed by atoms with Gasteiger partial charge < -0.3 is 20.3 Å². The molecular formula is C15H31IN4O2. The zero-order valence-corrected chi connectivity index (χ0v) is 16.6. The molecule has 2 N–H and O–H groups in total. The van der Waals surface area contributed by atoms with Crippen LogP contribution in [0.1, 0.15) is 40.0 Å². The number of methoxy groups -OCH3 is 1. The van der Waals surface area contributed by atoms with E-state index >= 15 is 0 Å². The fourth-order valence-electron chi connectivity index (χ4n) is 2.43. The van der Waals surface area contributed by atoms with E-state index in [-0.39, 0.29) is 29.9 Å². The summed E-state index contributed by atoms with van der Waals surface area (Å²) in [7, 11) is 1.40. The van der Waals surface area contributed by atoms with E-state index < -0.39 is 0 Å². The molecule has 1 heterocycles. The number of hydrogen-bond donors (Lipinski definition) is 2. The lowest BCUT2D eigenvalue weighted by atomic mass is 10.0. The van der Waals surface area contributed by atoms with E-state index in [0.717, 1.165) is 38.4 Å². The minimum atomic E-state index is -0.222. The normalized spacial score (nSPS) is 17.0. The van der Waals surface area contributed by atoms with Crippen molar-refractivity contribution in [3.05, 3.63) is 0 Å². The van der Waals surface area contributed by atoms with Gasteiger partial charge in [-0.25, -0.2) is 0 Å². The molecule has 1 aliphatic heterocycles. The molecule has 7 heteroatoms. The van der Waals surface area contributed by atoms with Gasteiger partial charge in [0.15, 0.2) is 5.96 Å². The third-order valence-electron chi connectivity index (χ3n) is 3.76. The molecular weight excluding hydrogens is 395 g/mol. The highest BCUT2D eigenvalue weighted by Gasteiger charge is 2.21. The van der Waals surface area contributed by atoms with Crippen molar-refractivity contribution in [1.29, 1.82) is 0 Å². The van der Waals surface area contributed by atoms with Gasteiger partial charge >= 0.3 is 5.97 Å². The highest BCUT2D eigenvalue weighted by molar-refractivity contribution is 14.0. The van der Waals surface area contributed by atoms with Crippen LogP contribution in [0.3, 0.4) is 0 Å². The van der Waals surface area contributed by atoms with Crippen LogP contribution in [0.4, 0.5) is 0 Å². The van der Waals surface area contributed by atoms with Crippen LogP contribution in [0, 0.1) is 0 Å². The first kappa shape index (κ1) is 21.4. The number of guanidine groups is 1. The summed E-state index contributed by atoms with van der Waals surface area (Å²) in [5.41, 5.74) is 0. The fraction of sp³-hybridized carbons (Fsp3) is 0.867. The van der Waals surface area contributed by atoms with Crippen LogP contribution in [0.25, 0.3) is 0 Å². The van der Waals surface area contributed by atoms with Gasteiger partial charge in [-0.3, -0.25) is 9.79 Å². The molecule has 1 rings (SSSR count). The van der Waals surface area contributed by atoms with Crippen LogP contribution in [-0.2, 0) is 9.53 Å². The minimum Gasteiger partial charge on any atom is -0.469 e. The molecule has 0 aliphatic carbocycles. The lowest BCUT2D eigenvalue weighted by Crippen LogP contribution is -2.49. The molecule has 22 heavy (non-hydrogen) atoms. The van der Waals surface area contributed by atoms with Gasteiger partial charge in [0, 0.05) is 31.7 Å². The summed E-state index contributed by atoms with van der Waals surface area (Å²) in [6.45, 7) is 10.0. The lowest BCUT2D eigenvalue weighted by Gasteiger charge is -2.35. The predicted octanol–water partition coefficient (Wildman–Crippen LogP) is 1.60. The molecule has 0 unspecified atom stereocenters. The Hall–Kier alpha value is -0.570. The Balaban J connectivity index is 0.00000441. The van der Waals surface area contributed by atoms with Crippen LogP contribution in [0.2, 0.25) is 0 Å². The van der Waals surface area contributed by atoms with Crippen molar-refractivity contribution in [3.63, 3.8) is 0 Å². The number of hydrogen-bond acceptors (Lipinski definition) is 4. The second kappa shape index (κ2) is 11.9. The summed E-state index contributed by atoms with van der Waals surface area (Å²) in [6, 6.07) is 1.07. The van der Waals surface area contributed by atoms with Crippen LogP contribution in [0.15, 0.2) is 4.99 Å². The maximum atomic E-state index is 11.1. The van der Waals surface area contributed by atoms with E-state index in [4.69, 9.17) is 0 Å². The van der Waals surface area contributed by atoms with Crippen molar-refractivity contribution in [2.24, 2.45) is 4.99 Å². The first-order valence-electron chi connectivity index (χ1n) is 7.92. The molecule has 0 aromatic carbocycles. The topological polar surface area (TPSA) is 66.0 Å². The molecule has 1 saturated heterocycles. The lowest BCUT2D eigenvalue weighted by molar-refractivity contribution is -0.140. The number of likely N-dealkylation sites (tertiary alicyclic amines) is 1. The molecule has 130 valence electrons. The monoisotopic (exact) mass is 426 g/mol. The number of carbonyl (C=O) groups excluding carboxylic acids is 1. The average molecular weight is 426 g/mol. The van der Waals surface area contributed by atoms with Gasteiger partial charge in [-0.2, -0.15) is 0 Å². The minimum absolute atomic E-state index is 0. The van der Waals surface area contributed by atoms with Crippen LogP contribution >= 0.6 is 24.0 Å². The first-order chi connectivity index (χ1) is 10.1. The van der Waals surface area contributed by atoms with Gasteiger partial charge in [-0.1, -0.05) is 0 Å². The number of piperidine rings is 1. The number of halogens is 1. The summed E-state index contributed by atoms with van der Waals surface area (Å²) in [5.74, 6) is 0.573. The highest BCUT2D eigenvalue weighted by atomic mass is 127. The number of aliphatic imine (C=N–C) groups is 1. The third-order valence-corrected chi connectivity index (χ3v) is 3.76. The summed E-state index contributed by atoms with van der Waals surface area (Å²) >= 11 is 0. The van der Waals surface area contributed by atoms with Gasteiger partial charge in [0.1, 0.15) is 0 Å². The molecule has 0 aromatic rings. The van der Waals surface area contributed by atoms with Crippen molar-refractivity contribution < 1.29 is 9.53 Å². The summed E-state index contributed by atoms with van der Waals surface area (Å²) in [6.07, 6.45) is 2.57. The number of nitrogens with one attached hydrogen (secondary N) is 2. The Morgan fingerprint density at radius 3 is 2.50 bits per heavy atom. The molecule has 6 nitrogen and oxygen atoms in total. The van der Waals surface area contributed by atoms with Crippen molar-refractivity contribution in [2.75, 3.05) is 33.3 Å². The number of ether oxygens (including phenoxy) is 1. The van der Waals surface area contributed by atoms with E-state index in [1.165, 1.54) is 7.11 Å². The average Bonchev–Trinajstić information content (AvgIpc) is 2.47. The molecule has 0 aromatic heterocycles. The number of esters is 1. The van der Waals surface area contributed by atoms with Crippen molar-refractivity contribution in [2.45, 2.75) is 52.1 Å². The maximum Gasteiger partial charge on any atom is 0.307 e. The van der Waals surface area contributed by atoms with Gasteiger partial charge in [-0.05, 0) is 33.6 Å². The van der Waals surface area contributed by atoms with Gasteiger partial charge in [0.2, 0.25) is 0 Å². The molecule has 0 saturated carbocycles. The van der Waals surface area contributed by atoms with Gasteiger partial charge in [-0.15, -0.1) is 24.0 Å². The Morgan fingerprint density at radius 2 is 2.00 bits per heavy atom. The maximum absolute atomic E-state index is 11.1. The summed E-state index contributed by atoms with van der Waals surface area (Å²) < 4.78 is 4.62. The number of carbonyl (C=O) groups is 1. The molecule has 0 spiro atoms. The van der Waals surface area contributed by atoms with Crippen molar-refractivity contribution in [1.82, 2.24) is 15.5 Å².